The van der Waals surface area contributed by atoms with E-state index in [9.17, 15) is 13.2 Å². The molecule has 0 N–H and O–H groups in total. The highest BCUT2D eigenvalue weighted by molar-refractivity contribution is 7.89. The van der Waals surface area contributed by atoms with Gasteiger partial charge in [0.1, 0.15) is 0 Å². The van der Waals surface area contributed by atoms with Gasteiger partial charge in [-0.2, -0.15) is 0 Å². The number of sulfonamides is 1. The van der Waals surface area contributed by atoms with Crippen LogP contribution in [0.15, 0.2) is 47.3 Å². The van der Waals surface area contributed by atoms with Gasteiger partial charge in [-0.25, -0.2) is 12.7 Å². The van der Waals surface area contributed by atoms with E-state index in [1.54, 1.807) is 10.4 Å². The van der Waals surface area contributed by atoms with Gasteiger partial charge in [0.2, 0.25) is 10.0 Å². The van der Waals surface area contributed by atoms with Gasteiger partial charge in [-0.05, 0) is 36.0 Å². The second-order valence-electron chi connectivity index (χ2n) is 7.77. The Labute approximate surface area is 160 Å². The van der Waals surface area contributed by atoms with Crippen LogP contribution < -0.4 is 5.56 Å². The minimum atomic E-state index is -3.22. The molecule has 2 aliphatic rings. The Morgan fingerprint density at radius 2 is 1.81 bits per heavy atom. The Morgan fingerprint density at radius 1 is 1.04 bits per heavy atom. The van der Waals surface area contributed by atoms with E-state index in [1.165, 1.54) is 0 Å². The van der Waals surface area contributed by atoms with Gasteiger partial charge in [-0.15, -0.1) is 0 Å². The second-order valence-corrected chi connectivity index (χ2v) is 9.86. The van der Waals surface area contributed by atoms with Crippen LogP contribution in [0.2, 0.25) is 0 Å². The molecule has 4 rings (SSSR count). The van der Waals surface area contributed by atoms with E-state index < -0.39 is 10.0 Å². The zero-order valence-corrected chi connectivity index (χ0v) is 16.5. The third-order valence-electron chi connectivity index (χ3n) is 5.78. The van der Waals surface area contributed by atoms with E-state index in [2.05, 4.69) is 6.07 Å². The fourth-order valence-electron chi connectivity index (χ4n) is 4.40. The third-order valence-corrected chi connectivity index (χ3v) is 7.67. The minimum Gasteiger partial charge on any atom is -0.312 e. The van der Waals surface area contributed by atoms with Crippen molar-refractivity contribution in [3.05, 3.63) is 58.5 Å². The average Bonchev–Trinajstić information content (AvgIpc) is 2.67. The highest BCUT2D eigenvalue weighted by Gasteiger charge is 2.38. The summed E-state index contributed by atoms with van der Waals surface area (Å²) >= 11 is 0. The average molecular weight is 387 g/mol. The van der Waals surface area contributed by atoms with Crippen LogP contribution in [0.1, 0.15) is 37.8 Å². The predicted molar refractivity (Wildman–Crippen MR) is 107 cm³/mol. The molecule has 0 aliphatic carbocycles. The van der Waals surface area contributed by atoms with E-state index in [-0.39, 0.29) is 23.1 Å². The molecular formula is C21H26N2O3S. The first-order valence-electron chi connectivity index (χ1n) is 9.76. The molecule has 144 valence electrons. The Bertz CT molecular complexity index is 982. The molecule has 0 unspecified atom stereocenters. The highest BCUT2D eigenvalue weighted by atomic mass is 32.2. The van der Waals surface area contributed by atoms with Crippen molar-refractivity contribution in [2.24, 2.45) is 5.92 Å². The van der Waals surface area contributed by atoms with Crippen molar-refractivity contribution >= 4 is 10.0 Å². The highest BCUT2D eigenvalue weighted by Crippen LogP contribution is 2.37. The number of benzene rings is 1. The van der Waals surface area contributed by atoms with Gasteiger partial charge in [0.05, 0.1) is 5.75 Å². The number of unbranched alkanes of at least 4 members (excludes halogenated alkanes) is 1. The fraction of sp³-hybridized carbons (Fsp3) is 0.476. The molecule has 3 heterocycles. The normalized spacial score (nSPS) is 22.4. The third kappa shape index (κ3) is 3.60. The summed E-state index contributed by atoms with van der Waals surface area (Å²) in [7, 11) is -3.22. The number of piperidine rings is 1. The van der Waals surface area contributed by atoms with Crippen LogP contribution >= 0.6 is 0 Å². The van der Waals surface area contributed by atoms with Gasteiger partial charge >= 0.3 is 0 Å². The van der Waals surface area contributed by atoms with Crippen molar-refractivity contribution in [3.63, 3.8) is 0 Å². The standard InChI is InChI=1S/C21H26N2O3S/c1-2-3-9-27(25,26)22-13-16-10-19(15-22)20-11-18(12-21(24)23(20)14-16)17-7-5-4-6-8-17/h4-8,11-12,16,19H,2-3,9-10,13-15H2,1H3/t16-,19+/m0/s1. The quantitative estimate of drug-likeness (QED) is 0.793. The molecule has 0 saturated carbocycles. The van der Waals surface area contributed by atoms with Crippen LogP contribution in [0, 0.1) is 5.92 Å². The zero-order valence-electron chi connectivity index (χ0n) is 15.7. The Balaban J connectivity index is 1.68. The maximum atomic E-state index is 12.7. The smallest absolute Gasteiger partial charge is 0.251 e. The largest absolute Gasteiger partial charge is 0.312 e. The summed E-state index contributed by atoms with van der Waals surface area (Å²) < 4.78 is 28.9. The number of hydrogen-bond donors (Lipinski definition) is 0. The zero-order chi connectivity index (χ0) is 19.0. The van der Waals surface area contributed by atoms with Crippen molar-refractivity contribution in [3.8, 4) is 11.1 Å². The molecule has 2 atom stereocenters. The summed E-state index contributed by atoms with van der Waals surface area (Å²) in [5, 5.41) is 0. The number of pyridine rings is 1. The van der Waals surface area contributed by atoms with Gasteiger partial charge in [-0.1, -0.05) is 43.7 Å². The van der Waals surface area contributed by atoms with E-state index in [1.807, 2.05) is 41.8 Å². The molecule has 0 radical (unpaired) electrons. The first-order chi connectivity index (χ1) is 13.0. The molecule has 2 aromatic rings. The summed E-state index contributed by atoms with van der Waals surface area (Å²) in [6.45, 7) is 3.64. The first kappa shape index (κ1) is 18.4. The van der Waals surface area contributed by atoms with Gasteiger partial charge in [0.25, 0.3) is 5.56 Å². The Hall–Kier alpha value is -1.92. The van der Waals surface area contributed by atoms with Crippen LogP contribution in [-0.2, 0) is 16.6 Å². The van der Waals surface area contributed by atoms with Crippen LogP contribution in [0.5, 0.6) is 0 Å². The topological polar surface area (TPSA) is 59.4 Å². The lowest BCUT2D eigenvalue weighted by atomic mass is 9.83. The molecule has 6 heteroatoms. The van der Waals surface area contributed by atoms with Crippen molar-refractivity contribution in [2.45, 2.75) is 38.6 Å². The number of hydrogen-bond acceptors (Lipinski definition) is 3. The molecule has 1 fully saturated rings. The lowest BCUT2D eigenvalue weighted by molar-refractivity contribution is 0.186. The Kier molecular flexibility index (Phi) is 4.95. The molecule has 0 amide bonds. The summed E-state index contributed by atoms with van der Waals surface area (Å²) in [6.07, 6.45) is 2.53. The van der Waals surface area contributed by atoms with Crippen LogP contribution in [-0.4, -0.2) is 36.1 Å². The maximum Gasteiger partial charge on any atom is 0.251 e. The number of nitrogens with zero attached hydrogens (tertiary/aromatic N) is 2. The molecule has 1 aromatic carbocycles. The number of aromatic nitrogens is 1. The number of rotatable bonds is 5. The molecule has 1 saturated heterocycles. The summed E-state index contributed by atoms with van der Waals surface area (Å²) in [6, 6.07) is 13.7. The molecular weight excluding hydrogens is 360 g/mol. The fourth-order valence-corrected chi connectivity index (χ4v) is 6.15. The lowest BCUT2D eigenvalue weighted by Crippen LogP contribution is -2.49. The van der Waals surface area contributed by atoms with Crippen LogP contribution in [0.4, 0.5) is 0 Å². The summed E-state index contributed by atoms with van der Waals surface area (Å²) in [4.78, 5) is 12.7. The van der Waals surface area contributed by atoms with Crippen LogP contribution in [0.25, 0.3) is 11.1 Å². The monoisotopic (exact) mass is 386 g/mol. The maximum absolute atomic E-state index is 12.7. The minimum absolute atomic E-state index is 0.0170. The van der Waals surface area contributed by atoms with E-state index >= 15 is 0 Å². The van der Waals surface area contributed by atoms with Gasteiger partial charge < -0.3 is 4.57 Å². The predicted octanol–water partition coefficient (Wildman–Crippen LogP) is 3.06. The summed E-state index contributed by atoms with van der Waals surface area (Å²) in [5.74, 6) is 0.526. The SMILES string of the molecule is CCCCS(=O)(=O)N1C[C@@H]2C[C@H](C1)c1cc(-c3ccccc3)cc(=O)n1C2. The van der Waals surface area contributed by atoms with Gasteiger partial charge in [0.15, 0.2) is 0 Å². The second kappa shape index (κ2) is 7.24. The van der Waals surface area contributed by atoms with Crippen molar-refractivity contribution in [1.82, 2.24) is 8.87 Å². The van der Waals surface area contributed by atoms with Crippen molar-refractivity contribution in [1.29, 1.82) is 0 Å². The summed E-state index contributed by atoms with van der Waals surface area (Å²) in [5.41, 5.74) is 2.93. The van der Waals surface area contributed by atoms with Gasteiger partial charge in [0, 0.05) is 37.3 Å². The molecule has 1 aromatic heterocycles. The van der Waals surface area contributed by atoms with Gasteiger partial charge in [-0.3, -0.25) is 4.79 Å². The lowest BCUT2D eigenvalue weighted by Gasteiger charge is -2.42. The number of fused-ring (bicyclic) bond motifs is 4. The molecule has 2 bridgehead atoms. The van der Waals surface area contributed by atoms with Crippen molar-refractivity contribution in [2.75, 3.05) is 18.8 Å². The first-order valence-corrected chi connectivity index (χ1v) is 11.4. The molecule has 5 nitrogen and oxygen atoms in total. The molecule has 0 spiro atoms. The van der Waals surface area contributed by atoms with E-state index in [0.29, 0.717) is 26.1 Å². The Morgan fingerprint density at radius 3 is 2.56 bits per heavy atom. The van der Waals surface area contributed by atoms with E-state index in [4.69, 9.17) is 0 Å². The van der Waals surface area contributed by atoms with Crippen molar-refractivity contribution < 1.29 is 8.42 Å². The van der Waals surface area contributed by atoms with Crippen LogP contribution in [0.3, 0.4) is 0 Å². The molecule has 27 heavy (non-hydrogen) atoms. The molecule has 2 aliphatic heterocycles. The van der Waals surface area contributed by atoms with E-state index in [0.717, 1.165) is 29.7 Å².